The standard InChI is InChI=1S/C14H17N3O3S.ClH/c1-11-10-15-8-9-17(11)21(18,19)14-5-3-2-4-12(14)13-6-7-16-20-13;/h2-7,11,15H,8-10H2,1H3;1H/t11-;/m0./s1. The Labute approximate surface area is 135 Å². The lowest BCUT2D eigenvalue weighted by atomic mass is 10.2. The highest BCUT2D eigenvalue weighted by Gasteiger charge is 2.33. The Hall–Kier alpha value is -1.41. The van der Waals surface area contributed by atoms with Crippen LogP contribution in [0.3, 0.4) is 0 Å². The van der Waals surface area contributed by atoms with Gasteiger partial charge in [0.25, 0.3) is 0 Å². The maximum Gasteiger partial charge on any atom is 0.244 e. The molecule has 1 aromatic heterocycles. The molecule has 0 aliphatic carbocycles. The van der Waals surface area contributed by atoms with E-state index in [1.807, 2.05) is 6.92 Å². The lowest BCUT2D eigenvalue weighted by Gasteiger charge is -2.33. The summed E-state index contributed by atoms with van der Waals surface area (Å²) in [5, 5.41) is 6.85. The Morgan fingerprint density at radius 1 is 1.32 bits per heavy atom. The Balaban J connectivity index is 0.00000176. The summed E-state index contributed by atoms with van der Waals surface area (Å²) in [6, 6.07) is 8.45. The number of aromatic nitrogens is 1. The maximum atomic E-state index is 12.9. The molecule has 0 radical (unpaired) electrons. The lowest BCUT2D eigenvalue weighted by Crippen LogP contribution is -2.52. The molecule has 1 fully saturated rings. The van der Waals surface area contributed by atoms with Gasteiger partial charge in [0.1, 0.15) is 0 Å². The van der Waals surface area contributed by atoms with Gasteiger partial charge in [0.15, 0.2) is 5.76 Å². The SMILES string of the molecule is C[C@H]1CNCCN1S(=O)(=O)c1ccccc1-c1ccno1.Cl. The van der Waals surface area contributed by atoms with Gasteiger partial charge in [0.2, 0.25) is 10.0 Å². The van der Waals surface area contributed by atoms with Gasteiger partial charge in [0.05, 0.1) is 11.1 Å². The highest BCUT2D eigenvalue weighted by Crippen LogP contribution is 2.30. The molecule has 0 amide bonds. The van der Waals surface area contributed by atoms with E-state index in [0.717, 1.165) is 0 Å². The first kappa shape index (κ1) is 17.0. The number of hydrogen-bond donors (Lipinski definition) is 1. The highest BCUT2D eigenvalue weighted by atomic mass is 35.5. The Bertz CT molecular complexity index is 719. The van der Waals surface area contributed by atoms with Crippen molar-refractivity contribution in [2.24, 2.45) is 0 Å². The molecule has 8 heteroatoms. The fourth-order valence-electron chi connectivity index (χ4n) is 2.56. The van der Waals surface area contributed by atoms with Crippen molar-refractivity contribution in [3.8, 4) is 11.3 Å². The number of nitrogens with one attached hydrogen (secondary N) is 1. The van der Waals surface area contributed by atoms with Gasteiger partial charge >= 0.3 is 0 Å². The van der Waals surface area contributed by atoms with Crippen molar-refractivity contribution in [2.45, 2.75) is 17.9 Å². The monoisotopic (exact) mass is 343 g/mol. The van der Waals surface area contributed by atoms with Crippen molar-refractivity contribution in [1.82, 2.24) is 14.8 Å². The van der Waals surface area contributed by atoms with E-state index in [0.29, 0.717) is 31.0 Å². The number of rotatable bonds is 3. The van der Waals surface area contributed by atoms with Crippen molar-refractivity contribution < 1.29 is 12.9 Å². The van der Waals surface area contributed by atoms with E-state index in [2.05, 4.69) is 10.5 Å². The molecular weight excluding hydrogens is 326 g/mol. The third kappa shape index (κ3) is 3.03. The Morgan fingerprint density at radius 3 is 2.77 bits per heavy atom. The second-order valence-corrected chi connectivity index (χ2v) is 6.90. The molecule has 0 saturated carbocycles. The van der Waals surface area contributed by atoms with Crippen LogP contribution in [0.25, 0.3) is 11.3 Å². The van der Waals surface area contributed by atoms with E-state index < -0.39 is 10.0 Å². The molecule has 1 atom stereocenters. The van der Waals surface area contributed by atoms with E-state index in [1.165, 1.54) is 6.20 Å². The van der Waals surface area contributed by atoms with Crippen LogP contribution in [0.1, 0.15) is 6.92 Å². The summed E-state index contributed by atoms with van der Waals surface area (Å²) >= 11 is 0. The van der Waals surface area contributed by atoms with Gasteiger partial charge in [-0.3, -0.25) is 0 Å². The van der Waals surface area contributed by atoms with Crippen LogP contribution < -0.4 is 5.32 Å². The van der Waals surface area contributed by atoms with Crippen LogP contribution >= 0.6 is 12.4 Å². The summed E-state index contributed by atoms with van der Waals surface area (Å²) in [6.45, 7) is 3.69. The van der Waals surface area contributed by atoms with Gasteiger partial charge in [-0.1, -0.05) is 17.3 Å². The van der Waals surface area contributed by atoms with Crippen LogP contribution in [-0.4, -0.2) is 43.6 Å². The lowest BCUT2D eigenvalue weighted by molar-refractivity contribution is 0.284. The van der Waals surface area contributed by atoms with Crippen molar-refractivity contribution in [1.29, 1.82) is 0 Å². The van der Waals surface area contributed by atoms with Gasteiger partial charge in [-0.05, 0) is 19.1 Å². The molecule has 0 unspecified atom stereocenters. The zero-order valence-electron chi connectivity index (χ0n) is 12.1. The van der Waals surface area contributed by atoms with Gasteiger partial charge in [0, 0.05) is 37.3 Å². The van der Waals surface area contributed by atoms with Crippen molar-refractivity contribution in [3.05, 3.63) is 36.5 Å². The van der Waals surface area contributed by atoms with Crippen LogP contribution in [0.15, 0.2) is 45.9 Å². The third-order valence-corrected chi connectivity index (χ3v) is 5.69. The molecule has 1 aliphatic heterocycles. The van der Waals surface area contributed by atoms with Crippen LogP contribution in [0, 0.1) is 0 Å². The summed E-state index contributed by atoms with van der Waals surface area (Å²) in [5.74, 6) is 0.456. The van der Waals surface area contributed by atoms with Crippen LogP contribution in [0.5, 0.6) is 0 Å². The van der Waals surface area contributed by atoms with E-state index in [9.17, 15) is 8.42 Å². The minimum absolute atomic E-state index is 0. The Kier molecular flexibility index (Phi) is 5.23. The molecule has 0 bridgehead atoms. The summed E-state index contributed by atoms with van der Waals surface area (Å²) in [4.78, 5) is 0.260. The van der Waals surface area contributed by atoms with Gasteiger partial charge in [-0.25, -0.2) is 8.42 Å². The van der Waals surface area contributed by atoms with Crippen molar-refractivity contribution in [3.63, 3.8) is 0 Å². The number of sulfonamides is 1. The number of piperazine rings is 1. The average Bonchev–Trinajstić information content (AvgIpc) is 3.01. The van der Waals surface area contributed by atoms with E-state index >= 15 is 0 Å². The zero-order valence-corrected chi connectivity index (χ0v) is 13.7. The molecule has 3 rings (SSSR count). The van der Waals surface area contributed by atoms with Gasteiger partial charge in [-0.15, -0.1) is 12.4 Å². The predicted octanol–water partition coefficient (Wildman–Crippen LogP) is 1.75. The summed E-state index contributed by atoms with van der Waals surface area (Å²) in [6.07, 6.45) is 1.51. The number of benzene rings is 1. The molecule has 1 aromatic carbocycles. The second-order valence-electron chi connectivity index (χ2n) is 5.04. The molecule has 1 N–H and O–H groups in total. The highest BCUT2D eigenvalue weighted by molar-refractivity contribution is 7.89. The second kappa shape index (κ2) is 6.78. The van der Waals surface area contributed by atoms with Gasteiger partial charge < -0.3 is 9.84 Å². The number of nitrogens with zero attached hydrogens (tertiary/aromatic N) is 2. The molecule has 22 heavy (non-hydrogen) atoms. The summed E-state index contributed by atoms with van der Waals surface area (Å²) < 4.78 is 32.6. The minimum atomic E-state index is -3.56. The Morgan fingerprint density at radius 2 is 2.09 bits per heavy atom. The number of hydrogen-bond acceptors (Lipinski definition) is 5. The van der Waals surface area contributed by atoms with Crippen molar-refractivity contribution >= 4 is 22.4 Å². The fourth-order valence-corrected chi connectivity index (χ4v) is 4.39. The molecular formula is C14H18ClN3O3S. The van der Waals surface area contributed by atoms with E-state index in [1.54, 1.807) is 34.6 Å². The largest absolute Gasteiger partial charge is 0.356 e. The molecule has 1 aliphatic rings. The molecule has 6 nitrogen and oxygen atoms in total. The topological polar surface area (TPSA) is 75.4 Å². The fraction of sp³-hybridized carbons (Fsp3) is 0.357. The maximum absolute atomic E-state index is 12.9. The first-order valence-corrected chi connectivity index (χ1v) is 8.27. The minimum Gasteiger partial charge on any atom is -0.356 e. The average molecular weight is 344 g/mol. The van der Waals surface area contributed by atoms with Crippen LogP contribution in [-0.2, 0) is 10.0 Å². The first-order valence-electron chi connectivity index (χ1n) is 6.83. The predicted molar refractivity (Wildman–Crippen MR) is 85.4 cm³/mol. The summed E-state index contributed by atoms with van der Waals surface area (Å²) in [7, 11) is -3.56. The normalized spacial score (nSPS) is 19.6. The van der Waals surface area contributed by atoms with E-state index in [4.69, 9.17) is 4.52 Å². The van der Waals surface area contributed by atoms with Crippen LogP contribution in [0.2, 0.25) is 0 Å². The van der Waals surface area contributed by atoms with Gasteiger partial charge in [-0.2, -0.15) is 4.31 Å². The first-order chi connectivity index (χ1) is 10.1. The number of halogens is 1. The zero-order chi connectivity index (χ0) is 14.9. The molecule has 2 heterocycles. The quantitative estimate of drug-likeness (QED) is 0.918. The molecule has 1 saturated heterocycles. The summed E-state index contributed by atoms with van der Waals surface area (Å²) in [5.41, 5.74) is 0.542. The third-order valence-electron chi connectivity index (χ3n) is 3.62. The smallest absolute Gasteiger partial charge is 0.244 e. The van der Waals surface area contributed by atoms with Crippen LogP contribution in [0.4, 0.5) is 0 Å². The van der Waals surface area contributed by atoms with Crippen molar-refractivity contribution in [2.75, 3.05) is 19.6 Å². The van der Waals surface area contributed by atoms with E-state index in [-0.39, 0.29) is 23.3 Å². The molecule has 120 valence electrons. The molecule has 0 spiro atoms. The molecule has 2 aromatic rings.